The minimum atomic E-state index is 0.0796. The Morgan fingerprint density at radius 1 is 0.758 bits per heavy atom. The van der Waals surface area contributed by atoms with Crippen molar-refractivity contribution in [3.05, 3.63) is 18.0 Å². The van der Waals surface area contributed by atoms with Crippen molar-refractivity contribution in [2.24, 2.45) is 0 Å². The molecule has 0 aliphatic carbocycles. The molecule has 0 saturated carbocycles. The predicted octanol–water partition coefficient (Wildman–Crippen LogP) is 8.99. The summed E-state index contributed by atoms with van der Waals surface area (Å²) in [6.07, 6.45) is 21.8. The molecule has 0 unspecified atom stereocenters. The number of amides is 1. The standard InChI is InChI=1S/C27H47N3OS2/c1-5-8-9-10-11-12-13-14-15-16-17-18-19-20-21-22-24(31)30-25-26(32-6-2)28-23(4)29-27(25)33-7-3/h14-15H,5-13,16-22H2,1-4H3,(H,30,31). The summed E-state index contributed by atoms with van der Waals surface area (Å²) in [5.41, 5.74) is 0.803. The molecule has 0 bridgehead atoms. The Balaban J connectivity index is 2.18. The maximum Gasteiger partial charge on any atom is 0.224 e. The SMILES string of the molecule is CCCCCCCCC=CCCCCCCCC(=O)Nc1c(SCC)nc(C)nc1SCC. The number of nitrogens with one attached hydrogen (secondary N) is 1. The van der Waals surface area contributed by atoms with Crippen LogP contribution in [0, 0.1) is 6.92 Å². The molecule has 1 amide bonds. The number of allylic oxidation sites excluding steroid dienone is 2. The predicted molar refractivity (Wildman–Crippen MR) is 148 cm³/mol. The number of hydrogen-bond acceptors (Lipinski definition) is 5. The maximum atomic E-state index is 12.5. The van der Waals surface area contributed by atoms with E-state index in [2.05, 4.69) is 48.2 Å². The summed E-state index contributed by atoms with van der Waals surface area (Å²) in [6, 6.07) is 0. The van der Waals surface area contributed by atoms with Gasteiger partial charge in [-0.05, 0) is 50.5 Å². The van der Waals surface area contributed by atoms with Gasteiger partial charge < -0.3 is 5.32 Å². The third kappa shape index (κ3) is 14.8. The number of aromatic nitrogens is 2. The Morgan fingerprint density at radius 2 is 1.24 bits per heavy atom. The van der Waals surface area contributed by atoms with Crippen molar-refractivity contribution >= 4 is 35.1 Å². The molecule has 1 N–H and O–H groups in total. The zero-order chi connectivity index (χ0) is 24.2. The molecule has 0 radical (unpaired) electrons. The van der Waals surface area contributed by atoms with Crippen molar-refractivity contribution in [2.45, 2.75) is 128 Å². The number of hydrogen-bond donors (Lipinski definition) is 1. The van der Waals surface area contributed by atoms with Gasteiger partial charge in [0.25, 0.3) is 0 Å². The summed E-state index contributed by atoms with van der Waals surface area (Å²) in [7, 11) is 0. The number of thioether (sulfide) groups is 2. The summed E-state index contributed by atoms with van der Waals surface area (Å²) < 4.78 is 0. The molecule has 6 heteroatoms. The van der Waals surface area contributed by atoms with Crippen molar-refractivity contribution < 1.29 is 4.79 Å². The van der Waals surface area contributed by atoms with E-state index >= 15 is 0 Å². The van der Waals surface area contributed by atoms with Gasteiger partial charge in [-0.25, -0.2) is 9.97 Å². The van der Waals surface area contributed by atoms with Crippen LogP contribution in [0.4, 0.5) is 5.69 Å². The van der Waals surface area contributed by atoms with Gasteiger partial charge in [-0.1, -0.05) is 84.3 Å². The van der Waals surface area contributed by atoms with Gasteiger partial charge in [0, 0.05) is 6.42 Å². The van der Waals surface area contributed by atoms with Crippen molar-refractivity contribution in [3.63, 3.8) is 0 Å². The van der Waals surface area contributed by atoms with Crippen LogP contribution >= 0.6 is 23.5 Å². The highest BCUT2D eigenvalue weighted by Crippen LogP contribution is 2.33. The number of anilines is 1. The lowest BCUT2D eigenvalue weighted by Gasteiger charge is -2.14. The van der Waals surface area contributed by atoms with Crippen molar-refractivity contribution in [3.8, 4) is 0 Å². The van der Waals surface area contributed by atoms with Gasteiger partial charge in [0.1, 0.15) is 21.6 Å². The van der Waals surface area contributed by atoms with Crippen LogP contribution in [0.3, 0.4) is 0 Å². The fourth-order valence-corrected chi connectivity index (χ4v) is 5.26. The number of unbranched alkanes of at least 4 members (excludes halogenated alkanes) is 11. The lowest BCUT2D eigenvalue weighted by molar-refractivity contribution is -0.116. The third-order valence-corrected chi connectivity index (χ3v) is 7.16. The molecule has 1 rings (SSSR count). The van der Waals surface area contributed by atoms with Crippen LogP contribution in [-0.2, 0) is 4.79 Å². The molecule has 1 aromatic heterocycles. The fourth-order valence-electron chi connectivity index (χ4n) is 3.67. The number of carbonyl (C=O) groups excluding carboxylic acids is 1. The Bertz CT molecular complexity index is 652. The van der Waals surface area contributed by atoms with Gasteiger partial charge in [-0.2, -0.15) is 0 Å². The fraction of sp³-hybridized carbons (Fsp3) is 0.741. The van der Waals surface area contributed by atoms with E-state index in [-0.39, 0.29) is 5.91 Å². The first-order valence-electron chi connectivity index (χ1n) is 13.2. The molecule has 4 nitrogen and oxygen atoms in total. The average molecular weight is 494 g/mol. The van der Waals surface area contributed by atoms with E-state index in [0.29, 0.717) is 6.42 Å². The molecule has 1 heterocycles. The Kier molecular flexibility index (Phi) is 18.5. The summed E-state index contributed by atoms with van der Waals surface area (Å²) >= 11 is 3.33. The van der Waals surface area contributed by atoms with E-state index in [1.807, 2.05) is 6.92 Å². The smallest absolute Gasteiger partial charge is 0.224 e. The summed E-state index contributed by atoms with van der Waals surface area (Å²) in [5.74, 6) is 2.68. The van der Waals surface area contributed by atoms with Crippen molar-refractivity contribution in [1.29, 1.82) is 0 Å². The van der Waals surface area contributed by atoms with E-state index in [4.69, 9.17) is 0 Å². The van der Waals surface area contributed by atoms with Crippen LogP contribution in [-0.4, -0.2) is 27.4 Å². The minimum absolute atomic E-state index is 0.0796. The lowest BCUT2D eigenvalue weighted by Crippen LogP contribution is -2.14. The highest BCUT2D eigenvalue weighted by molar-refractivity contribution is 8.00. The van der Waals surface area contributed by atoms with Crippen LogP contribution < -0.4 is 5.32 Å². The van der Waals surface area contributed by atoms with E-state index in [0.717, 1.165) is 45.9 Å². The Hall–Kier alpha value is -1.01. The molecule has 33 heavy (non-hydrogen) atoms. The molecule has 0 fully saturated rings. The largest absolute Gasteiger partial charge is 0.322 e. The van der Waals surface area contributed by atoms with E-state index in [9.17, 15) is 4.79 Å². The third-order valence-electron chi connectivity index (χ3n) is 5.45. The van der Waals surface area contributed by atoms with Crippen LogP contribution in [0.1, 0.15) is 116 Å². The first-order valence-corrected chi connectivity index (χ1v) is 15.2. The summed E-state index contributed by atoms with van der Waals surface area (Å²) in [6.45, 7) is 8.39. The molecule has 0 aliphatic rings. The zero-order valence-corrected chi connectivity index (χ0v) is 23.2. The van der Waals surface area contributed by atoms with Crippen molar-refractivity contribution in [2.75, 3.05) is 16.8 Å². The highest BCUT2D eigenvalue weighted by atomic mass is 32.2. The van der Waals surface area contributed by atoms with Gasteiger partial charge in [0.05, 0.1) is 0 Å². The quantitative estimate of drug-likeness (QED) is 0.0850. The van der Waals surface area contributed by atoms with Crippen LogP contribution in [0.2, 0.25) is 0 Å². The van der Waals surface area contributed by atoms with Gasteiger partial charge in [-0.15, -0.1) is 23.5 Å². The van der Waals surface area contributed by atoms with Gasteiger partial charge in [-0.3, -0.25) is 4.79 Å². The zero-order valence-electron chi connectivity index (χ0n) is 21.6. The molecule has 188 valence electrons. The van der Waals surface area contributed by atoms with Crippen LogP contribution in [0.5, 0.6) is 0 Å². The van der Waals surface area contributed by atoms with E-state index in [1.165, 1.54) is 70.6 Å². The lowest BCUT2D eigenvalue weighted by atomic mass is 10.1. The molecule has 0 spiro atoms. The van der Waals surface area contributed by atoms with E-state index < -0.39 is 0 Å². The maximum absolute atomic E-state index is 12.5. The molecular weight excluding hydrogens is 446 g/mol. The first-order chi connectivity index (χ1) is 16.1. The second kappa shape index (κ2) is 20.4. The first kappa shape index (κ1) is 30.0. The van der Waals surface area contributed by atoms with Crippen LogP contribution in [0.25, 0.3) is 0 Å². The van der Waals surface area contributed by atoms with Gasteiger partial charge in [0.15, 0.2) is 0 Å². The molecule has 1 aromatic rings. The van der Waals surface area contributed by atoms with Gasteiger partial charge in [0.2, 0.25) is 5.91 Å². The van der Waals surface area contributed by atoms with E-state index in [1.54, 1.807) is 23.5 Å². The molecule has 0 aliphatic heterocycles. The Labute approximate surface area is 212 Å². The number of rotatable bonds is 20. The Morgan fingerprint density at radius 3 is 1.76 bits per heavy atom. The van der Waals surface area contributed by atoms with Gasteiger partial charge >= 0.3 is 0 Å². The highest BCUT2D eigenvalue weighted by Gasteiger charge is 2.16. The normalized spacial score (nSPS) is 11.4. The molecule has 0 aromatic carbocycles. The number of aryl methyl sites for hydroxylation is 1. The molecular formula is C27H47N3OS2. The second-order valence-electron chi connectivity index (χ2n) is 8.50. The number of carbonyl (C=O) groups is 1. The second-order valence-corrected chi connectivity index (χ2v) is 11.0. The summed E-state index contributed by atoms with van der Waals surface area (Å²) in [5, 5.41) is 4.89. The monoisotopic (exact) mass is 493 g/mol. The molecule has 0 atom stereocenters. The summed E-state index contributed by atoms with van der Waals surface area (Å²) in [4.78, 5) is 21.7. The average Bonchev–Trinajstić information content (AvgIpc) is 2.79. The number of nitrogens with zero attached hydrogens (tertiary/aromatic N) is 2. The topological polar surface area (TPSA) is 54.9 Å². The van der Waals surface area contributed by atoms with Crippen LogP contribution in [0.15, 0.2) is 22.2 Å². The minimum Gasteiger partial charge on any atom is -0.322 e. The molecule has 0 saturated heterocycles. The van der Waals surface area contributed by atoms with Crippen molar-refractivity contribution in [1.82, 2.24) is 9.97 Å².